The van der Waals surface area contributed by atoms with E-state index in [1.54, 1.807) is 10.9 Å². The van der Waals surface area contributed by atoms with Gasteiger partial charge in [-0.2, -0.15) is 0 Å². The summed E-state index contributed by atoms with van der Waals surface area (Å²) in [6.07, 6.45) is 4.80. The number of aryl methyl sites for hydroxylation is 4. The first-order valence-corrected chi connectivity index (χ1v) is 9.37. The summed E-state index contributed by atoms with van der Waals surface area (Å²) in [4.78, 5) is 22.2. The maximum absolute atomic E-state index is 13.1. The highest BCUT2D eigenvalue weighted by atomic mass is 16.1. The van der Waals surface area contributed by atoms with Crippen molar-refractivity contribution in [1.29, 1.82) is 0 Å². The summed E-state index contributed by atoms with van der Waals surface area (Å²) in [6.45, 7) is 9.12. The quantitative estimate of drug-likeness (QED) is 0.706. The molecule has 4 heteroatoms. The van der Waals surface area contributed by atoms with Crippen molar-refractivity contribution in [2.75, 3.05) is 0 Å². The Morgan fingerprint density at radius 2 is 1.88 bits per heavy atom. The molecule has 0 saturated heterocycles. The molecule has 3 aromatic rings. The van der Waals surface area contributed by atoms with Gasteiger partial charge < -0.3 is 0 Å². The highest BCUT2D eigenvalue weighted by molar-refractivity contribution is 5.74. The third-order valence-corrected chi connectivity index (χ3v) is 5.59. The van der Waals surface area contributed by atoms with E-state index < -0.39 is 0 Å². The second-order valence-electron chi connectivity index (χ2n) is 7.87. The van der Waals surface area contributed by atoms with Crippen LogP contribution < -0.4 is 5.56 Å². The van der Waals surface area contributed by atoms with Gasteiger partial charge in [0.05, 0.1) is 11.9 Å². The molecule has 0 radical (unpaired) electrons. The molecule has 0 N–H and O–H groups in total. The molecule has 134 valence electrons. The first-order chi connectivity index (χ1) is 12.4. The lowest BCUT2D eigenvalue weighted by Crippen LogP contribution is -2.23. The molecule has 0 aliphatic heterocycles. The molecule has 1 aliphatic carbocycles. The van der Waals surface area contributed by atoms with Gasteiger partial charge in [0, 0.05) is 5.69 Å². The number of hydrogen-bond acceptors (Lipinski definition) is 3. The Balaban J connectivity index is 1.80. The van der Waals surface area contributed by atoms with E-state index in [-0.39, 0.29) is 5.56 Å². The summed E-state index contributed by atoms with van der Waals surface area (Å²) < 4.78 is 1.72. The van der Waals surface area contributed by atoms with Crippen molar-refractivity contribution in [1.82, 2.24) is 14.5 Å². The van der Waals surface area contributed by atoms with Crippen LogP contribution in [0.25, 0.3) is 11.0 Å². The predicted molar refractivity (Wildman–Crippen MR) is 105 cm³/mol. The van der Waals surface area contributed by atoms with Gasteiger partial charge >= 0.3 is 0 Å². The van der Waals surface area contributed by atoms with Gasteiger partial charge in [0.1, 0.15) is 6.33 Å². The number of rotatable bonds is 2. The molecule has 0 unspecified atom stereocenters. The molecule has 0 fully saturated rings. The van der Waals surface area contributed by atoms with Crippen LogP contribution >= 0.6 is 0 Å². The molecule has 0 spiro atoms. The van der Waals surface area contributed by atoms with Gasteiger partial charge in [-0.15, -0.1) is 0 Å². The van der Waals surface area contributed by atoms with Gasteiger partial charge in [0.25, 0.3) is 5.56 Å². The largest absolute Gasteiger partial charge is 0.294 e. The predicted octanol–water partition coefficient (Wildman–Crippen LogP) is 3.89. The van der Waals surface area contributed by atoms with E-state index in [0.29, 0.717) is 23.5 Å². The number of nitrogens with zero attached hydrogens (tertiary/aromatic N) is 3. The number of aromatic nitrogens is 3. The van der Waals surface area contributed by atoms with Crippen molar-refractivity contribution in [2.24, 2.45) is 5.92 Å². The van der Waals surface area contributed by atoms with Gasteiger partial charge in [-0.25, -0.2) is 9.97 Å². The van der Waals surface area contributed by atoms with Crippen molar-refractivity contribution >= 4 is 11.0 Å². The van der Waals surface area contributed by atoms with Gasteiger partial charge in [-0.3, -0.25) is 9.36 Å². The second-order valence-corrected chi connectivity index (χ2v) is 7.87. The van der Waals surface area contributed by atoms with Crippen LogP contribution in [0.3, 0.4) is 0 Å². The summed E-state index contributed by atoms with van der Waals surface area (Å²) in [6, 6.07) is 6.37. The Morgan fingerprint density at radius 1 is 1.15 bits per heavy atom. The maximum atomic E-state index is 13.1. The van der Waals surface area contributed by atoms with Crippen LogP contribution in [0.5, 0.6) is 0 Å². The van der Waals surface area contributed by atoms with Crippen LogP contribution in [0.1, 0.15) is 46.9 Å². The normalized spacial score (nSPS) is 16.7. The Kier molecular flexibility index (Phi) is 4.14. The number of pyridine rings is 1. The second kappa shape index (κ2) is 6.35. The molecule has 26 heavy (non-hydrogen) atoms. The van der Waals surface area contributed by atoms with Crippen LogP contribution in [-0.2, 0) is 19.4 Å². The standard InChI is InChI=1S/C22H25N3O/c1-13-5-6-20-17(9-13)10-18-21(24-20)23-12-25(22(18)26)11-19-15(3)7-14(2)8-16(19)4/h7-8,10,12-13H,5-6,9,11H2,1-4H3/t13-/m1/s1. The van der Waals surface area contributed by atoms with Crippen LogP contribution in [0, 0.1) is 26.7 Å². The smallest absolute Gasteiger partial charge is 0.263 e. The summed E-state index contributed by atoms with van der Waals surface area (Å²) in [5.41, 5.74) is 7.79. The first-order valence-electron chi connectivity index (χ1n) is 9.37. The van der Waals surface area contributed by atoms with Crippen LogP contribution in [0.2, 0.25) is 0 Å². The third kappa shape index (κ3) is 2.94. The molecule has 4 nitrogen and oxygen atoms in total. The SMILES string of the molecule is Cc1cc(C)c(Cn2cnc3nc4c(cc3c2=O)C[C@H](C)CC4)c(C)c1. The topological polar surface area (TPSA) is 47.8 Å². The molecule has 1 atom stereocenters. The van der Waals surface area contributed by atoms with Gasteiger partial charge in [-0.05, 0) is 74.3 Å². The zero-order valence-electron chi connectivity index (χ0n) is 16.0. The molecule has 0 saturated carbocycles. The Bertz CT molecular complexity index is 1040. The van der Waals surface area contributed by atoms with E-state index in [4.69, 9.17) is 0 Å². The highest BCUT2D eigenvalue weighted by Gasteiger charge is 2.19. The van der Waals surface area contributed by atoms with Gasteiger partial charge in [0.2, 0.25) is 0 Å². The lowest BCUT2D eigenvalue weighted by Gasteiger charge is -2.20. The average Bonchev–Trinajstić information content (AvgIpc) is 2.58. The fraction of sp³-hybridized carbons (Fsp3) is 0.409. The zero-order valence-corrected chi connectivity index (χ0v) is 16.0. The van der Waals surface area contributed by atoms with Crippen molar-refractivity contribution in [3.05, 3.63) is 68.4 Å². The molecule has 2 heterocycles. The van der Waals surface area contributed by atoms with E-state index in [0.717, 1.165) is 25.0 Å². The number of benzene rings is 1. The summed E-state index contributed by atoms with van der Waals surface area (Å²) >= 11 is 0. The summed E-state index contributed by atoms with van der Waals surface area (Å²) in [7, 11) is 0. The number of hydrogen-bond donors (Lipinski definition) is 0. The van der Waals surface area contributed by atoms with E-state index >= 15 is 0 Å². The fourth-order valence-corrected chi connectivity index (χ4v) is 4.17. The van der Waals surface area contributed by atoms with Gasteiger partial charge in [-0.1, -0.05) is 24.6 Å². The van der Waals surface area contributed by atoms with Crippen LogP contribution in [-0.4, -0.2) is 14.5 Å². The fourth-order valence-electron chi connectivity index (χ4n) is 4.17. The van der Waals surface area contributed by atoms with E-state index in [2.05, 4.69) is 49.8 Å². The molecule has 1 aliphatic rings. The zero-order chi connectivity index (χ0) is 18.4. The lowest BCUT2D eigenvalue weighted by atomic mass is 9.87. The molecule has 0 amide bonds. The summed E-state index contributed by atoms with van der Waals surface area (Å²) in [5, 5.41) is 0.641. The molecular formula is C22H25N3O. The first kappa shape index (κ1) is 17.0. The lowest BCUT2D eigenvalue weighted by molar-refractivity contribution is 0.495. The van der Waals surface area contributed by atoms with E-state index in [1.807, 2.05) is 6.07 Å². The summed E-state index contributed by atoms with van der Waals surface area (Å²) in [5.74, 6) is 0.651. The molecule has 4 rings (SSSR count). The van der Waals surface area contributed by atoms with Crippen molar-refractivity contribution in [3.8, 4) is 0 Å². The molecular weight excluding hydrogens is 322 g/mol. The van der Waals surface area contributed by atoms with Gasteiger partial charge in [0.15, 0.2) is 5.65 Å². The molecule has 1 aromatic carbocycles. The van der Waals surface area contributed by atoms with E-state index in [9.17, 15) is 4.79 Å². The minimum Gasteiger partial charge on any atom is -0.294 e. The average molecular weight is 347 g/mol. The van der Waals surface area contributed by atoms with Crippen molar-refractivity contribution in [2.45, 2.75) is 53.5 Å². The Labute approximate surface area is 153 Å². The maximum Gasteiger partial charge on any atom is 0.263 e. The van der Waals surface area contributed by atoms with Crippen LogP contribution in [0.15, 0.2) is 29.3 Å². The monoisotopic (exact) mass is 347 g/mol. The number of fused-ring (bicyclic) bond motifs is 2. The Morgan fingerprint density at radius 3 is 2.62 bits per heavy atom. The Hall–Kier alpha value is -2.49. The molecule has 2 aromatic heterocycles. The minimum atomic E-state index is 0.00269. The minimum absolute atomic E-state index is 0.00269. The van der Waals surface area contributed by atoms with Crippen molar-refractivity contribution in [3.63, 3.8) is 0 Å². The van der Waals surface area contributed by atoms with Crippen LogP contribution in [0.4, 0.5) is 0 Å². The highest BCUT2D eigenvalue weighted by Crippen LogP contribution is 2.25. The molecule has 0 bridgehead atoms. The van der Waals surface area contributed by atoms with Crippen molar-refractivity contribution < 1.29 is 0 Å². The third-order valence-electron chi connectivity index (χ3n) is 5.59. The van der Waals surface area contributed by atoms with E-state index in [1.165, 1.54) is 27.8 Å².